The number of ether oxygens (including phenoxy) is 1. The van der Waals surface area contributed by atoms with Crippen LogP contribution in [0.3, 0.4) is 0 Å². The Kier molecular flexibility index (Phi) is 4.71. The van der Waals surface area contributed by atoms with Crippen LogP contribution in [-0.4, -0.2) is 21.8 Å². The molecule has 2 rings (SSSR count). The maximum Gasteiger partial charge on any atom is 0.333 e. The molecule has 0 fully saturated rings. The zero-order valence-electron chi connectivity index (χ0n) is 12.6. The Labute approximate surface area is 126 Å². The van der Waals surface area contributed by atoms with Crippen molar-refractivity contribution in [3.8, 4) is 0 Å². The molecule has 0 saturated heterocycles. The van der Waals surface area contributed by atoms with E-state index in [1.54, 1.807) is 26.1 Å². The summed E-state index contributed by atoms with van der Waals surface area (Å²) in [7, 11) is 3.12. The van der Waals surface area contributed by atoms with Crippen LogP contribution < -0.4 is 5.32 Å². The van der Waals surface area contributed by atoms with E-state index in [2.05, 4.69) is 10.4 Å². The van der Waals surface area contributed by atoms with Crippen molar-refractivity contribution in [1.29, 1.82) is 0 Å². The average Bonchev–Trinajstić information content (AvgIpc) is 2.74. The minimum atomic E-state index is -0.467. The summed E-state index contributed by atoms with van der Waals surface area (Å²) in [6.45, 7) is 2.07. The van der Waals surface area contributed by atoms with Crippen molar-refractivity contribution in [3.63, 3.8) is 0 Å². The Bertz CT molecular complexity index is 700. The molecule has 0 saturated carbocycles. The molecule has 0 aliphatic carbocycles. The minimum Gasteiger partial charge on any atom is -0.380 e. The molecule has 2 aromatic rings. The van der Waals surface area contributed by atoms with E-state index in [1.807, 2.05) is 0 Å². The molecule has 1 aromatic heterocycles. The number of nitrogens with zero attached hydrogens (tertiary/aromatic N) is 3. The maximum atomic E-state index is 13.6. The molecule has 8 heteroatoms. The van der Waals surface area contributed by atoms with E-state index in [1.165, 1.54) is 17.9 Å². The lowest BCUT2D eigenvalue weighted by Crippen LogP contribution is -2.07. The van der Waals surface area contributed by atoms with Gasteiger partial charge in [-0.3, -0.25) is 10.1 Å². The van der Waals surface area contributed by atoms with Gasteiger partial charge in [0.25, 0.3) is 0 Å². The molecule has 22 heavy (non-hydrogen) atoms. The highest BCUT2D eigenvalue weighted by atomic mass is 19.1. The van der Waals surface area contributed by atoms with Crippen molar-refractivity contribution in [2.24, 2.45) is 7.05 Å². The number of aromatic nitrogens is 2. The molecule has 0 radical (unpaired) electrons. The van der Waals surface area contributed by atoms with Gasteiger partial charge in [-0.1, -0.05) is 6.07 Å². The van der Waals surface area contributed by atoms with Gasteiger partial charge < -0.3 is 10.1 Å². The predicted molar refractivity (Wildman–Crippen MR) is 79.0 cm³/mol. The highest BCUT2D eigenvalue weighted by molar-refractivity contribution is 5.59. The molecule has 1 aromatic carbocycles. The Morgan fingerprint density at radius 2 is 2.23 bits per heavy atom. The average molecular weight is 308 g/mol. The lowest BCUT2D eigenvalue weighted by molar-refractivity contribution is -0.384. The van der Waals surface area contributed by atoms with Gasteiger partial charge in [-0.15, -0.1) is 0 Å². The summed E-state index contributed by atoms with van der Waals surface area (Å²) in [4.78, 5) is 10.6. The van der Waals surface area contributed by atoms with Gasteiger partial charge in [0.1, 0.15) is 11.5 Å². The quantitative estimate of drug-likeness (QED) is 0.655. The van der Waals surface area contributed by atoms with Crippen LogP contribution in [0.1, 0.15) is 16.8 Å². The monoisotopic (exact) mass is 308 g/mol. The van der Waals surface area contributed by atoms with Crippen LogP contribution in [0.25, 0.3) is 0 Å². The van der Waals surface area contributed by atoms with Crippen molar-refractivity contribution in [2.45, 2.75) is 20.1 Å². The van der Waals surface area contributed by atoms with Crippen molar-refractivity contribution >= 4 is 11.5 Å². The van der Waals surface area contributed by atoms with Crippen molar-refractivity contribution < 1.29 is 14.1 Å². The number of hydrogen-bond donors (Lipinski definition) is 1. The van der Waals surface area contributed by atoms with Gasteiger partial charge in [0.15, 0.2) is 0 Å². The number of rotatable bonds is 6. The van der Waals surface area contributed by atoms with E-state index in [4.69, 9.17) is 4.74 Å². The first-order valence-corrected chi connectivity index (χ1v) is 6.62. The number of nitrogens with one attached hydrogen (secondary N) is 1. The summed E-state index contributed by atoms with van der Waals surface area (Å²) in [5, 5.41) is 18.1. The molecule has 0 bridgehead atoms. The summed E-state index contributed by atoms with van der Waals surface area (Å²) in [6.07, 6.45) is 0. The van der Waals surface area contributed by atoms with E-state index >= 15 is 0 Å². The second-order valence-electron chi connectivity index (χ2n) is 4.88. The molecule has 1 heterocycles. The number of anilines is 1. The standard InChI is InChI=1S/C14H17FN4O3/c1-9-13(19(20)21)14(18(2)17-9)16-7-10-4-5-12(15)11(6-10)8-22-3/h4-6,16H,7-8H2,1-3H3. The van der Waals surface area contributed by atoms with Crippen molar-refractivity contribution in [2.75, 3.05) is 12.4 Å². The van der Waals surface area contributed by atoms with Crippen molar-refractivity contribution in [3.05, 3.63) is 51.0 Å². The zero-order valence-corrected chi connectivity index (χ0v) is 12.6. The molecular formula is C14H17FN4O3. The molecule has 0 amide bonds. The normalized spacial score (nSPS) is 10.7. The van der Waals surface area contributed by atoms with Gasteiger partial charge >= 0.3 is 5.69 Å². The fourth-order valence-electron chi connectivity index (χ4n) is 2.25. The fourth-order valence-corrected chi connectivity index (χ4v) is 2.25. The van der Waals surface area contributed by atoms with E-state index in [0.717, 1.165) is 5.56 Å². The summed E-state index contributed by atoms with van der Waals surface area (Å²) in [6, 6.07) is 4.64. The fraction of sp³-hybridized carbons (Fsp3) is 0.357. The number of halogens is 1. The minimum absolute atomic E-state index is 0.0540. The van der Waals surface area contributed by atoms with Crippen LogP contribution in [0.15, 0.2) is 18.2 Å². The highest BCUT2D eigenvalue weighted by Crippen LogP contribution is 2.27. The third-order valence-corrected chi connectivity index (χ3v) is 3.24. The van der Waals surface area contributed by atoms with E-state index in [-0.39, 0.29) is 18.1 Å². The van der Waals surface area contributed by atoms with Crippen LogP contribution in [-0.2, 0) is 24.9 Å². The van der Waals surface area contributed by atoms with Crippen LogP contribution in [0, 0.1) is 22.9 Å². The molecule has 0 aliphatic heterocycles. The summed E-state index contributed by atoms with van der Waals surface area (Å²) < 4.78 is 19.9. The molecule has 0 unspecified atom stereocenters. The zero-order chi connectivity index (χ0) is 16.3. The van der Waals surface area contributed by atoms with Gasteiger partial charge in [-0.25, -0.2) is 9.07 Å². The topological polar surface area (TPSA) is 82.2 Å². The van der Waals surface area contributed by atoms with Gasteiger partial charge in [0.2, 0.25) is 5.82 Å². The van der Waals surface area contributed by atoms with E-state index in [9.17, 15) is 14.5 Å². The number of nitro groups is 1. The van der Waals surface area contributed by atoms with E-state index in [0.29, 0.717) is 23.6 Å². The van der Waals surface area contributed by atoms with Crippen LogP contribution in [0.2, 0.25) is 0 Å². The van der Waals surface area contributed by atoms with Crippen LogP contribution >= 0.6 is 0 Å². The lowest BCUT2D eigenvalue weighted by atomic mass is 10.1. The summed E-state index contributed by atoms with van der Waals surface area (Å²) in [5.74, 6) is -0.0203. The Morgan fingerprint density at radius 1 is 1.50 bits per heavy atom. The Hall–Kier alpha value is -2.48. The predicted octanol–water partition coefficient (Wildman–Crippen LogP) is 2.53. The third-order valence-electron chi connectivity index (χ3n) is 3.24. The highest BCUT2D eigenvalue weighted by Gasteiger charge is 2.23. The molecule has 0 aliphatic rings. The van der Waals surface area contributed by atoms with Crippen LogP contribution in [0.4, 0.5) is 15.9 Å². The number of aryl methyl sites for hydroxylation is 2. The van der Waals surface area contributed by atoms with Gasteiger partial charge in [0, 0.05) is 26.3 Å². The first-order chi connectivity index (χ1) is 10.4. The molecule has 0 spiro atoms. The van der Waals surface area contributed by atoms with Crippen molar-refractivity contribution in [1.82, 2.24) is 9.78 Å². The first kappa shape index (κ1) is 15.9. The number of hydrogen-bond acceptors (Lipinski definition) is 5. The molecular weight excluding hydrogens is 291 g/mol. The Balaban J connectivity index is 2.20. The van der Waals surface area contributed by atoms with Gasteiger partial charge in [-0.05, 0) is 24.6 Å². The van der Waals surface area contributed by atoms with Gasteiger partial charge in [-0.2, -0.15) is 5.10 Å². The first-order valence-electron chi connectivity index (χ1n) is 6.62. The summed E-state index contributed by atoms with van der Waals surface area (Å²) >= 11 is 0. The number of benzene rings is 1. The lowest BCUT2D eigenvalue weighted by Gasteiger charge is -2.09. The largest absolute Gasteiger partial charge is 0.380 e. The van der Waals surface area contributed by atoms with Gasteiger partial charge in [0.05, 0.1) is 11.5 Å². The Morgan fingerprint density at radius 3 is 2.86 bits per heavy atom. The second-order valence-corrected chi connectivity index (χ2v) is 4.88. The maximum absolute atomic E-state index is 13.6. The SMILES string of the molecule is COCc1cc(CNc2c([N+](=O)[O-])c(C)nn2C)ccc1F. The molecule has 118 valence electrons. The van der Waals surface area contributed by atoms with E-state index < -0.39 is 4.92 Å². The second kappa shape index (κ2) is 6.52. The third kappa shape index (κ3) is 3.22. The molecule has 1 N–H and O–H groups in total. The molecule has 7 nitrogen and oxygen atoms in total. The molecule has 0 atom stereocenters. The smallest absolute Gasteiger partial charge is 0.333 e. The summed E-state index contributed by atoms with van der Waals surface area (Å²) in [5.41, 5.74) is 1.52. The van der Waals surface area contributed by atoms with Crippen LogP contribution in [0.5, 0.6) is 0 Å². The number of methoxy groups -OCH3 is 1.